The third-order valence-electron chi connectivity index (χ3n) is 5.77. The Morgan fingerprint density at radius 1 is 1.19 bits per heavy atom. The summed E-state index contributed by atoms with van der Waals surface area (Å²) >= 11 is 1.54. The molecule has 1 saturated heterocycles. The molecule has 7 heteroatoms. The Hall–Kier alpha value is -2.90. The number of hydrogen-bond acceptors (Lipinski definition) is 6. The van der Waals surface area contributed by atoms with Gasteiger partial charge in [-0.3, -0.25) is 9.69 Å². The number of thiazole rings is 1. The van der Waals surface area contributed by atoms with Crippen LogP contribution >= 0.6 is 11.3 Å². The second kappa shape index (κ2) is 10.1. The van der Waals surface area contributed by atoms with Gasteiger partial charge in [0.05, 0.1) is 26.3 Å². The zero-order valence-corrected chi connectivity index (χ0v) is 19.6. The van der Waals surface area contributed by atoms with E-state index in [0.29, 0.717) is 0 Å². The van der Waals surface area contributed by atoms with Crippen molar-refractivity contribution in [3.63, 3.8) is 0 Å². The number of aryl methyl sites for hydroxylation is 1. The van der Waals surface area contributed by atoms with Gasteiger partial charge < -0.3 is 14.8 Å². The molecule has 1 fully saturated rings. The average molecular weight is 452 g/mol. The number of benzene rings is 2. The van der Waals surface area contributed by atoms with Gasteiger partial charge in [0.15, 0.2) is 0 Å². The quantitative estimate of drug-likeness (QED) is 0.523. The molecule has 1 atom stereocenters. The molecule has 32 heavy (non-hydrogen) atoms. The predicted molar refractivity (Wildman–Crippen MR) is 128 cm³/mol. The number of methoxy groups -OCH3 is 2. The van der Waals surface area contributed by atoms with Crippen LogP contribution in [0.1, 0.15) is 40.7 Å². The van der Waals surface area contributed by atoms with Gasteiger partial charge in [-0.15, -0.1) is 11.3 Å². The lowest BCUT2D eigenvalue weighted by molar-refractivity contribution is -0.115. The van der Waals surface area contributed by atoms with E-state index in [0.717, 1.165) is 59.4 Å². The van der Waals surface area contributed by atoms with E-state index in [1.807, 2.05) is 43.3 Å². The number of nitrogens with one attached hydrogen (secondary N) is 1. The van der Waals surface area contributed by atoms with Gasteiger partial charge in [-0.2, -0.15) is 0 Å². The van der Waals surface area contributed by atoms with Gasteiger partial charge in [-0.1, -0.05) is 17.7 Å². The minimum Gasteiger partial charge on any atom is -0.497 e. The fourth-order valence-corrected chi connectivity index (χ4v) is 4.94. The maximum absolute atomic E-state index is 12.4. The molecule has 1 aromatic heterocycles. The van der Waals surface area contributed by atoms with Crippen LogP contribution < -0.4 is 14.8 Å². The summed E-state index contributed by atoms with van der Waals surface area (Å²) in [6, 6.07) is 14.0. The number of rotatable bonds is 8. The van der Waals surface area contributed by atoms with Crippen LogP contribution in [0.3, 0.4) is 0 Å². The Labute approximate surface area is 193 Å². The average Bonchev–Trinajstić information content (AvgIpc) is 3.44. The molecule has 1 amide bonds. The summed E-state index contributed by atoms with van der Waals surface area (Å²) in [6.07, 6.45) is 2.48. The van der Waals surface area contributed by atoms with E-state index in [-0.39, 0.29) is 18.4 Å². The highest BCUT2D eigenvalue weighted by Crippen LogP contribution is 2.39. The zero-order valence-electron chi connectivity index (χ0n) is 18.8. The van der Waals surface area contributed by atoms with Gasteiger partial charge in [-0.05, 0) is 56.6 Å². The number of likely N-dealkylation sites (tertiary alicyclic amines) is 1. The molecule has 1 N–H and O–H groups in total. The van der Waals surface area contributed by atoms with Gasteiger partial charge in [-0.25, -0.2) is 4.98 Å². The van der Waals surface area contributed by atoms with Crippen molar-refractivity contribution in [3.8, 4) is 11.5 Å². The summed E-state index contributed by atoms with van der Waals surface area (Å²) in [6.45, 7) is 3.78. The van der Waals surface area contributed by atoms with Crippen LogP contribution in [-0.2, 0) is 17.8 Å². The maximum Gasteiger partial charge on any atom is 0.231 e. The Balaban J connectivity index is 1.40. The molecule has 1 aliphatic heterocycles. The third kappa shape index (κ3) is 5.29. The molecule has 2 heterocycles. The van der Waals surface area contributed by atoms with Crippen molar-refractivity contribution in [1.29, 1.82) is 0 Å². The highest BCUT2D eigenvalue weighted by atomic mass is 32.1. The zero-order chi connectivity index (χ0) is 22.5. The molecule has 3 aromatic rings. The maximum atomic E-state index is 12.4. The number of ether oxygens (including phenoxy) is 2. The summed E-state index contributed by atoms with van der Waals surface area (Å²) in [4.78, 5) is 19.6. The van der Waals surface area contributed by atoms with Crippen molar-refractivity contribution in [2.24, 2.45) is 0 Å². The largest absolute Gasteiger partial charge is 0.497 e. The topological polar surface area (TPSA) is 63.7 Å². The van der Waals surface area contributed by atoms with E-state index in [1.165, 1.54) is 5.56 Å². The minimum absolute atomic E-state index is 0.0464. The van der Waals surface area contributed by atoms with E-state index < -0.39 is 0 Å². The molecule has 4 rings (SSSR count). The van der Waals surface area contributed by atoms with Crippen LogP contribution in [0.25, 0.3) is 0 Å². The monoisotopic (exact) mass is 451 g/mol. The number of hydrogen-bond donors (Lipinski definition) is 1. The molecule has 0 saturated carbocycles. The Morgan fingerprint density at radius 2 is 2.00 bits per heavy atom. The third-order valence-corrected chi connectivity index (χ3v) is 6.67. The van der Waals surface area contributed by atoms with Crippen LogP contribution in [0, 0.1) is 6.92 Å². The lowest BCUT2D eigenvalue weighted by Gasteiger charge is -2.25. The van der Waals surface area contributed by atoms with Gasteiger partial charge in [0.25, 0.3) is 0 Å². The number of aromatic nitrogens is 1. The van der Waals surface area contributed by atoms with Crippen LogP contribution in [0.15, 0.2) is 47.8 Å². The first-order valence-electron chi connectivity index (χ1n) is 10.8. The van der Waals surface area contributed by atoms with Crippen molar-refractivity contribution >= 4 is 22.9 Å². The van der Waals surface area contributed by atoms with Crippen LogP contribution in [0.4, 0.5) is 5.69 Å². The van der Waals surface area contributed by atoms with Crippen molar-refractivity contribution in [1.82, 2.24) is 9.88 Å². The molecule has 2 aromatic carbocycles. The molecular weight excluding hydrogens is 422 g/mol. The molecule has 0 aliphatic carbocycles. The molecule has 0 unspecified atom stereocenters. The number of anilines is 1. The summed E-state index contributed by atoms with van der Waals surface area (Å²) in [7, 11) is 3.39. The number of nitrogens with zero attached hydrogens (tertiary/aromatic N) is 2. The lowest BCUT2D eigenvalue weighted by Crippen LogP contribution is -2.23. The fraction of sp³-hybridized carbons (Fsp3) is 0.360. The molecule has 1 aliphatic rings. The van der Waals surface area contributed by atoms with Crippen molar-refractivity contribution in [2.75, 3.05) is 26.1 Å². The van der Waals surface area contributed by atoms with Gasteiger partial charge in [0.1, 0.15) is 16.5 Å². The SMILES string of the molecule is COc1ccc(OC)c([C@H]2CCCN2Cc2csc(CC(=O)Nc3ccc(C)cc3)n2)c1. The molecule has 0 spiro atoms. The number of amides is 1. The first kappa shape index (κ1) is 22.3. The summed E-state index contributed by atoms with van der Waals surface area (Å²) in [5.41, 5.74) is 4.13. The molecule has 0 radical (unpaired) electrons. The highest BCUT2D eigenvalue weighted by molar-refractivity contribution is 7.09. The van der Waals surface area contributed by atoms with E-state index in [2.05, 4.69) is 21.7 Å². The Morgan fingerprint density at radius 3 is 2.75 bits per heavy atom. The molecule has 0 bridgehead atoms. The first-order valence-corrected chi connectivity index (χ1v) is 11.7. The summed E-state index contributed by atoms with van der Waals surface area (Å²) < 4.78 is 11.1. The Kier molecular flexibility index (Phi) is 7.07. The van der Waals surface area contributed by atoms with Crippen LogP contribution in [0.5, 0.6) is 11.5 Å². The van der Waals surface area contributed by atoms with E-state index in [4.69, 9.17) is 14.5 Å². The molecule has 6 nitrogen and oxygen atoms in total. The van der Waals surface area contributed by atoms with Crippen LogP contribution in [-0.4, -0.2) is 36.6 Å². The Bertz CT molecular complexity index is 1060. The van der Waals surface area contributed by atoms with Crippen molar-refractivity contribution in [2.45, 2.75) is 38.8 Å². The second-order valence-corrected chi connectivity index (χ2v) is 9.00. The van der Waals surface area contributed by atoms with Gasteiger partial charge in [0.2, 0.25) is 5.91 Å². The second-order valence-electron chi connectivity index (χ2n) is 8.06. The number of carbonyl (C=O) groups excluding carboxylic acids is 1. The predicted octanol–water partition coefficient (Wildman–Crippen LogP) is 4.99. The fourth-order valence-electron chi connectivity index (χ4n) is 4.16. The lowest BCUT2D eigenvalue weighted by atomic mass is 10.0. The van der Waals surface area contributed by atoms with E-state index >= 15 is 0 Å². The number of carbonyl (C=O) groups is 1. The smallest absolute Gasteiger partial charge is 0.231 e. The van der Waals surface area contributed by atoms with Crippen molar-refractivity contribution in [3.05, 3.63) is 69.7 Å². The van der Waals surface area contributed by atoms with Crippen molar-refractivity contribution < 1.29 is 14.3 Å². The van der Waals surface area contributed by atoms with E-state index in [9.17, 15) is 4.79 Å². The highest BCUT2D eigenvalue weighted by Gasteiger charge is 2.29. The van der Waals surface area contributed by atoms with Crippen LogP contribution in [0.2, 0.25) is 0 Å². The van der Waals surface area contributed by atoms with E-state index in [1.54, 1.807) is 25.6 Å². The minimum atomic E-state index is -0.0464. The standard InChI is InChI=1S/C25H29N3O3S/c1-17-6-8-18(9-7-17)26-24(29)14-25-27-19(16-32-25)15-28-12-4-5-22(28)21-13-20(30-2)10-11-23(21)31-3/h6-11,13,16,22H,4-5,12,14-15H2,1-3H3,(H,26,29)/t22-/m1/s1. The van der Waals surface area contributed by atoms with Gasteiger partial charge >= 0.3 is 0 Å². The van der Waals surface area contributed by atoms with Gasteiger partial charge in [0, 0.05) is 29.2 Å². The summed E-state index contributed by atoms with van der Waals surface area (Å²) in [5.74, 6) is 1.67. The first-order chi connectivity index (χ1) is 15.6. The normalized spacial score (nSPS) is 16.2. The molecular formula is C25H29N3O3S. The molecule has 168 valence electrons. The summed E-state index contributed by atoms with van der Waals surface area (Å²) in [5, 5.41) is 5.84.